The topological polar surface area (TPSA) is 55.1 Å². The molecule has 1 saturated carbocycles. The lowest BCUT2D eigenvalue weighted by molar-refractivity contribution is -0.122. The molecule has 0 saturated heterocycles. The molecule has 0 heterocycles. The van der Waals surface area contributed by atoms with Crippen LogP contribution in [0.25, 0.3) is 0 Å². The van der Waals surface area contributed by atoms with Crippen molar-refractivity contribution in [2.24, 2.45) is 11.7 Å². The first-order valence-corrected chi connectivity index (χ1v) is 8.86. The van der Waals surface area contributed by atoms with Gasteiger partial charge in [0.25, 0.3) is 0 Å². The van der Waals surface area contributed by atoms with Crippen LogP contribution >= 0.6 is 0 Å². The maximum absolute atomic E-state index is 12.3. The van der Waals surface area contributed by atoms with Gasteiger partial charge in [-0.15, -0.1) is 0 Å². The molecule has 0 bridgehead atoms. The molecular weight excluding hydrogens is 296 g/mol. The number of amides is 1. The fourth-order valence-corrected chi connectivity index (χ4v) is 3.64. The van der Waals surface area contributed by atoms with Crippen molar-refractivity contribution >= 4 is 5.91 Å². The lowest BCUT2D eigenvalue weighted by Crippen LogP contribution is -2.33. The molecule has 24 heavy (non-hydrogen) atoms. The number of nitrogens with one attached hydrogen (secondary N) is 1. The van der Waals surface area contributed by atoms with Crippen molar-refractivity contribution in [2.75, 3.05) is 6.54 Å². The van der Waals surface area contributed by atoms with Crippen LogP contribution in [-0.4, -0.2) is 18.5 Å². The van der Waals surface area contributed by atoms with Crippen molar-refractivity contribution in [3.8, 4) is 0 Å². The van der Waals surface area contributed by atoms with E-state index in [1.807, 2.05) is 36.4 Å². The van der Waals surface area contributed by atoms with Crippen molar-refractivity contribution < 1.29 is 4.79 Å². The molecule has 3 nitrogen and oxygen atoms in total. The molecule has 2 aromatic rings. The molecule has 0 aromatic heterocycles. The van der Waals surface area contributed by atoms with Gasteiger partial charge in [0.1, 0.15) is 0 Å². The Bertz CT molecular complexity index is 602. The van der Waals surface area contributed by atoms with E-state index in [4.69, 9.17) is 5.73 Å². The molecule has 2 aromatic carbocycles. The van der Waals surface area contributed by atoms with Crippen LogP contribution in [0.2, 0.25) is 0 Å². The lowest BCUT2D eigenvalue weighted by Gasteiger charge is -2.20. The zero-order valence-corrected chi connectivity index (χ0v) is 14.0. The van der Waals surface area contributed by atoms with Crippen LogP contribution in [0.5, 0.6) is 0 Å². The molecule has 2 atom stereocenters. The second-order valence-electron chi connectivity index (χ2n) is 6.74. The van der Waals surface area contributed by atoms with Crippen LogP contribution in [0, 0.1) is 5.92 Å². The van der Waals surface area contributed by atoms with Crippen LogP contribution < -0.4 is 11.1 Å². The molecule has 1 amide bonds. The van der Waals surface area contributed by atoms with E-state index in [0.717, 1.165) is 19.3 Å². The molecule has 1 aliphatic carbocycles. The number of hydrogen-bond donors (Lipinski definition) is 2. The van der Waals surface area contributed by atoms with Gasteiger partial charge in [0.05, 0.1) is 0 Å². The Morgan fingerprint density at radius 2 is 1.58 bits per heavy atom. The third-order valence-corrected chi connectivity index (χ3v) is 5.07. The summed E-state index contributed by atoms with van der Waals surface area (Å²) in [6.45, 7) is 0.620. The van der Waals surface area contributed by atoms with Crippen molar-refractivity contribution in [3.63, 3.8) is 0 Å². The number of carbonyl (C=O) groups is 1. The average Bonchev–Trinajstić information content (AvgIpc) is 3.02. The van der Waals surface area contributed by atoms with E-state index in [9.17, 15) is 4.79 Å². The Kier molecular flexibility index (Phi) is 5.65. The number of nitrogens with two attached hydrogens (primary N) is 1. The summed E-state index contributed by atoms with van der Waals surface area (Å²) in [5, 5.41) is 3.13. The van der Waals surface area contributed by atoms with Crippen molar-refractivity contribution in [1.82, 2.24) is 5.32 Å². The smallest absolute Gasteiger partial charge is 0.220 e. The van der Waals surface area contributed by atoms with Gasteiger partial charge in [-0.05, 0) is 29.9 Å². The van der Waals surface area contributed by atoms with Crippen molar-refractivity contribution in [3.05, 3.63) is 71.8 Å². The van der Waals surface area contributed by atoms with E-state index in [0.29, 0.717) is 18.9 Å². The highest BCUT2D eigenvalue weighted by atomic mass is 16.1. The predicted octanol–water partition coefficient (Wildman–Crippen LogP) is 3.45. The molecule has 0 radical (unpaired) electrons. The van der Waals surface area contributed by atoms with Crippen LogP contribution in [0.3, 0.4) is 0 Å². The Morgan fingerprint density at radius 3 is 2.08 bits per heavy atom. The lowest BCUT2D eigenvalue weighted by atomic mass is 9.91. The van der Waals surface area contributed by atoms with Gasteiger partial charge < -0.3 is 11.1 Å². The zero-order valence-electron chi connectivity index (χ0n) is 14.0. The molecule has 0 unspecified atom stereocenters. The minimum absolute atomic E-state index is 0.120. The minimum atomic E-state index is 0.120. The third kappa shape index (κ3) is 4.24. The first-order valence-electron chi connectivity index (χ1n) is 8.86. The molecule has 126 valence electrons. The molecule has 3 N–H and O–H groups in total. The number of hydrogen-bond acceptors (Lipinski definition) is 2. The van der Waals surface area contributed by atoms with Gasteiger partial charge in [0.15, 0.2) is 0 Å². The van der Waals surface area contributed by atoms with Gasteiger partial charge in [-0.25, -0.2) is 0 Å². The Labute approximate surface area is 144 Å². The largest absolute Gasteiger partial charge is 0.355 e. The quantitative estimate of drug-likeness (QED) is 0.856. The van der Waals surface area contributed by atoms with Crippen LogP contribution in [0.4, 0.5) is 0 Å². The summed E-state index contributed by atoms with van der Waals surface area (Å²) < 4.78 is 0. The zero-order chi connectivity index (χ0) is 16.8. The SMILES string of the molecule is N[C@@H]1CCC[C@H]1CC(=O)NCC(c1ccccc1)c1ccccc1. The van der Waals surface area contributed by atoms with Gasteiger partial charge in [-0.2, -0.15) is 0 Å². The van der Waals surface area contributed by atoms with Crippen LogP contribution in [0.1, 0.15) is 42.7 Å². The highest BCUT2D eigenvalue weighted by Gasteiger charge is 2.26. The molecule has 1 aliphatic rings. The summed E-state index contributed by atoms with van der Waals surface area (Å²) in [6.07, 6.45) is 3.83. The number of carbonyl (C=O) groups excluding carboxylic acids is 1. The van der Waals surface area contributed by atoms with E-state index in [1.54, 1.807) is 0 Å². The first-order chi connectivity index (χ1) is 11.7. The van der Waals surface area contributed by atoms with E-state index < -0.39 is 0 Å². The molecule has 3 rings (SSSR count). The summed E-state index contributed by atoms with van der Waals surface area (Å²) in [5.74, 6) is 0.639. The maximum atomic E-state index is 12.3. The summed E-state index contributed by atoms with van der Waals surface area (Å²) in [7, 11) is 0. The van der Waals surface area contributed by atoms with Crippen LogP contribution in [-0.2, 0) is 4.79 Å². The van der Waals surface area contributed by atoms with E-state index in [-0.39, 0.29) is 17.9 Å². The highest BCUT2D eigenvalue weighted by molar-refractivity contribution is 5.76. The fraction of sp³-hybridized carbons (Fsp3) is 0.381. The van der Waals surface area contributed by atoms with Gasteiger partial charge in [-0.3, -0.25) is 4.79 Å². The summed E-state index contributed by atoms with van der Waals surface area (Å²) in [6, 6.07) is 20.9. The number of rotatable bonds is 6. The molecular formula is C21H26N2O. The standard InChI is InChI=1S/C21H26N2O/c22-20-13-7-12-18(20)14-21(24)23-15-19(16-8-3-1-4-9-16)17-10-5-2-6-11-17/h1-6,8-11,18-20H,7,12-15,22H2,(H,23,24)/t18-,20+/m0/s1. The summed E-state index contributed by atoms with van der Waals surface area (Å²) in [4.78, 5) is 12.3. The normalized spacial score (nSPS) is 20.2. The highest BCUT2D eigenvalue weighted by Crippen LogP contribution is 2.27. The summed E-state index contributed by atoms with van der Waals surface area (Å²) >= 11 is 0. The monoisotopic (exact) mass is 322 g/mol. The molecule has 0 aliphatic heterocycles. The average molecular weight is 322 g/mol. The second-order valence-corrected chi connectivity index (χ2v) is 6.74. The molecule has 1 fully saturated rings. The Morgan fingerprint density at radius 1 is 1.00 bits per heavy atom. The Hall–Kier alpha value is -2.13. The van der Waals surface area contributed by atoms with Gasteiger partial charge in [-0.1, -0.05) is 67.1 Å². The van der Waals surface area contributed by atoms with Crippen LogP contribution in [0.15, 0.2) is 60.7 Å². The summed E-state index contributed by atoms with van der Waals surface area (Å²) in [5.41, 5.74) is 8.53. The van der Waals surface area contributed by atoms with Crippen molar-refractivity contribution in [2.45, 2.75) is 37.6 Å². The third-order valence-electron chi connectivity index (χ3n) is 5.07. The number of benzene rings is 2. The first kappa shape index (κ1) is 16.7. The van der Waals surface area contributed by atoms with E-state index in [1.165, 1.54) is 11.1 Å². The fourth-order valence-electron chi connectivity index (χ4n) is 3.64. The minimum Gasteiger partial charge on any atom is -0.355 e. The molecule has 0 spiro atoms. The Balaban J connectivity index is 1.65. The van der Waals surface area contributed by atoms with Gasteiger partial charge in [0.2, 0.25) is 5.91 Å². The second kappa shape index (κ2) is 8.11. The van der Waals surface area contributed by atoms with E-state index >= 15 is 0 Å². The maximum Gasteiger partial charge on any atom is 0.220 e. The van der Waals surface area contributed by atoms with Crippen molar-refractivity contribution in [1.29, 1.82) is 0 Å². The van der Waals surface area contributed by atoms with Gasteiger partial charge >= 0.3 is 0 Å². The predicted molar refractivity (Wildman–Crippen MR) is 97.7 cm³/mol. The van der Waals surface area contributed by atoms with Gasteiger partial charge in [0, 0.05) is 24.9 Å². The molecule has 3 heteroatoms. The van der Waals surface area contributed by atoms with E-state index in [2.05, 4.69) is 29.6 Å².